The lowest BCUT2D eigenvalue weighted by Gasteiger charge is -2.04. The van der Waals surface area contributed by atoms with Gasteiger partial charge in [-0.2, -0.15) is 10.2 Å². The minimum Gasteiger partial charge on any atom is -0.504 e. The molecule has 0 aliphatic rings. The SMILES string of the molecule is COc1ccc(C=NN=C(C)c2sc(-c3ccccc3OC)nc2C)cc1O. The van der Waals surface area contributed by atoms with Crippen LogP contribution in [0.3, 0.4) is 0 Å². The molecule has 3 aromatic rings. The second kappa shape index (κ2) is 8.67. The molecule has 6 nitrogen and oxygen atoms in total. The summed E-state index contributed by atoms with van der Waals surface area (Å²) < 4.78 is 10.5. The first kappa shape index (κ1) is 19.6. The molecule has 1 aromatic heterocycles. The molecule has 0 bridgehead atoms. The van der Waals surface area contributed by atoms with Gasteiger partial charge in [0.2, 0.25) is 0 Å². The summed E-state index contributed by atoms with van der Waals surface area (Å²) in [6.45, 7) is 3.85. The maximum atomic E-state index is 9.83. The molecule has 0 aliphatic heterocycles. The molecule has 0 fully saturated rings. The molecule has 2 aromatic carbocycles. The lowest BCUT2D eigenvalue weighted by molar-refractivity contribution is 0.373. The molecule has 1 heterocycles. The fraction of sp³-hybridized carbons (Fsp3) is 0.190. The number of phenols is 1. The van der Waals surface area contributed by atoms with Crippen molar-refractivity contribution in [3.63, 3.8) is 0 Å². The van der Waals surface area contributed by atoms with Crippen LogP contribution < -0.4 is 9.47 Å². The predicted octanol–water partition coefficient (Wildman–Crippen LogP) is 4.68. The summed E-state index contributed by atoms with van der Waals surface area (Å²) in [5.74, 6) is 1.27. The third-order valence-electron chi connectivity index (χ3n) is 4.08. The van der Waals surface area contributed by atoms with Gasteiger partial charge in [0.05, 0.1) is 42.3 Å². The molecule has 1 N–H and O–H groups in total. The Morgan fingerprint density at radius 3 is 2.57 bits per heavy atom. The number of aryl methyl sites for hydroxylation is 1. The van der Waals surface area contributed by atoms with E-state index in [-0.39, 0.29) is 5.75 Å². The molecule has 0 aliphatic carbocycles. The van der Waals surface area contributed by atoms with Crippen molar-refractivity contribution in [1.29, 1.82) is 0 Å². The van der Waals surface area contributed by atoms with Gasteiger partial charge in [0.25, 0.3) is 0 Å². The van der Waals surface area contributed by atoms with Crippen LogP contribution in [-0.4, -0.2) is 36.2 Å². The Morgan fingerprint density at radius 2 is 1.86 bits per heavy atom. The maximum Gasteiger partial charge on any atom is 0.160 e. The van der Waals surface area contributed by atoms with Crippen LogP contribution in [0.5, 0.6) is 17.2 Å². The number of hydrogen-bond acceptors (Lipinski definition) is 7. The number of hydrogen-bond donors (Lipinski definition) is 1. The highest BCUT2D eigenvalue weighted by Gasteiger charge is 2.14. The largest absolute Gasteiger partial charge is 0.504 e. The lowest BCUT2D eigenvalue weighted by Crippen LogP contribution is -1.93. The Kier molecular flexibility index (Phi) is 6.06. The maximum absolute atomic E-state index is 9.83. The standard InChI is InChI=1S/C21H21N3O3S/c1-13-20(28-21(23-13)16-7-5-6-8-18(16)26-3)14(2)24-22-12-15-9-10-19(27-4)17(25)11-15/h5-12,25H,1-4H3. The smallest absolute Gasteiger partial charge is 0.160 e. The van der Waals surface area contributed by atoms with Crippen molar-refractivity contribution in [2.24, 2.45) is 10.2 Å². The molecular weight excluding hydrogens is 374 g/mol. The number of aromatic hydroxyl groups is 1. The number of rotatable bonds is 6. The highest BCUT2D eigenvalue weighted by molar-refractivity contribution is 7.17. The van der Waals surface area contributed by atoms with Crippen LogP contribution in [0.1, 0.15) is 23.1 Å². The van der Waals surface area contributed by atoms with Gasteiger partial charge < -0.3 is 14.6 Å². The number of thiazole rings is 1. The summed E-state index contributed by atoms with van der Waals surface area (Å²) in [4.78, 5) is 5.63. The molecule has 28 heavy (non-hydrogen) atoms. The summed E-state index contributed by atoms with van der Waals surface area (Å²) in [6.07, 6.45) is 1.58. The number of methoxy groups -OCH3 is 2. The second-order valence-corrected chi connectivity index (χ2v) is 6.99. The first-order chi connectivity index (χ1) is 13.5. The van der Waals surface area contributed by atoms with E-state index in [4.69, 9.17) is 9.47 Å². The van der Waals surface area contributed by atoms with Crippen molar-refractivity contribution < 1.29 is 14.6 Å². The van der Waals surface area contributed by atoms with Crippen LogP contribution >= 0.6 is 11.3 Å². The van der Waals surface area contributed by atoms with Crippen LogP contribution in [0.25, 0.3) is 10.6 Å². The first-order valence-corrected chi connectivity index (χ1v) is 9.41. The van der Waals surface area contributed by atoms with Gasteiger partial charge in [-0.1, -0.05) is 12.1 Å². The van der Waals surface area contributed by atoms with Gasteiger partial charge in [-0.3, -0.25) is 0 Å². The van der Waals surface area contributed by atoms with Crippen molar-refractivity contribution >= 4 is 23.3 Å². The summed E-state index contributed by atoms with van der Waals surface area (Å²) in [5.41, 5.74) is 3.34. The number of para-hydroxylation sites is 1. The topological polar surface area (TPSA) is 76.3 Å². The van der Waals surface area contributed by atoms with Gasteiger partial charge >= 0.3 is 0 Å². The monoisotopic (exact) mass is 395 g/mol. The molecule has 144 valence electrons. The van der Waals surface area contributed by atoms with Crippen LogP contribution in [0.2, 0.25) is 0 Å². The quantitative estimate of drug-likeness (QED) is 0.485. The summed E-state index contributed by atoms with van der Waals surface area (Å²) in [7, 11) is 3.16. The van der Waals surface area contributed by atoms with Crippen LogP contribution in [0, 0.1) is 6.92 Å². The highest BCUT2D eigenvalue weighted by atomic mass is 32.1. The van der Waals surface area contributed by atoms with Crippen molar-refractivity contribution in [3.8, 4) is 27.8 Å². The Labute approximate surface area is 167 Å². The lowest BCUT2D eigenvalue weighted by atomic mass is 10.2. The van der Waals surface area contributed by atoms with E-state index in [2.05, 4.69) is 15.2 Å². The van der Waals surface area contributed by atoms with Gasteiger partial charge in [0.15, 0.2) is 11.5 Å². The number of phenolic OH excluding ortho intramolecular Hbond substituents is 1. The van der Waals surface area contributed by atoms with Crippen molar-refractivity contribution in [2.45, 2.75) is 13.8 Å². The van der Waals surface area contributed by atoms with E-state index in [1.54, 1.807) is 42.9 Å². The summed E-state index contributed by atoms with van der Waals surface area (Å²) in [5, 5.41) is 19.1. The molecule has 3 rings (SSSR count). The normalized spacial score (nSPS) is 11.8. The van der Waals surface area contributed by atoms with Gasteiger partial charge in [-0.25, -0.2) is 4.98 Å². The van der Waals surface area contributed by atoms with E-state index in [1.165, 1.54) is 7.11 Å². The average molecular weight is 395 g/mol. The molecule has 0 atom stereocenters. The van der Waals surface area contributed by atoms with E-state index in [0.29, 0.717) is 5.75 Å². The van der Waals surface area contributed by atoms with E-state index < -0.39 is 0 Å². The number of benzene rings is 2. The van der Waals surface area contributed by atoms with E-state index in [9.17, 15) is 5.11 Å². The predicted molar refractivity (Wildman–Crippen MR) is 113 cm³/mol. The Balaban J connectivity index is 1.83. The molecule has 0 spiro atoms. The summed E-state index contributed by atoms with van der Waals surface area (Å²) in [6, 6.07) is 12.9. The Bertz CT molecular complexity index is 1040. The van der Waals surface area contributed by atoms with Crippen molar-refractivity contribution in [1.82, 2.24) is 4.98 Å². The first-order valence-electron chi connectivity index (χ1n) is 8.59. The zero-order valence-corrected chi connectivity index (χ0v) is 16.9. The van der Waals surface area contributed by atoms with Crippen LogP contribution in [0.4, 0.5) is 0 Å². The third kappa shape index (κ3) is 4.20. The summed E-state index contributed by atoms with van der Waals surface area (Å²) >= 11 is 1.55. The molecule has 0 saturated heterocycles. The minimum atomic E-state index is 0.0619. The zero-order chi connectivity index (χ0) is 20.1. The van der Waals surface area contributed by atoms with Crippen molar-refractivity contribution in [2.75, 3.05) is 14.2 Å². The van der Waals surface area contributed by atoms with E-state index in [1.807, 2.05) is 38.1 Å². The van der Waals surface area contributed by atoms with E-state index >= 15 is 0 Å². The second-order valence-electron chi connectivity index (χ2n) is 6.00. The minimum absolute atomic E-state index is 0.0619. The molecular formula is C21H21N3O3S. The molecule has 7 heteroatoms. The van der Waals surface area contributed by atoms with Gasteiger partial charge in [-0.15, -0.1) is 11.3 Å². The fourth-order valence-electron chi connectivity index (χ4n) is 2.68. The van der Waals surface area contributed by atoms with Crippen LogP contribution in [-0.2, 0) is 0 Å². The Hall–Kier alpha value is -3.19. The van der Waals surface area contributed by atoms with E-state index in [0.717, 1.165) is 38.2 Å². The number of ether oxygens (including phenoxy) is 2. The van der Waals surface area contributed by atoms with Gasteiger partial charge in [-0.05, 0) is 49.7 Å². The Morgan fingerprint density at radius 1 is 1.11 bits per heavy atom. The molecule has 0 saturated carbocycles. The van der Waals surface area contributed by atoms with Crippen LogP contribution in [0.15, 0.2) is 52.7 Å². The zero-order valence-electron chi connectivity index (χ0n) is 16.1. The molecule has 0 radical (unpaired) electrons. The number of nitrogens with zero attached hydrogens (tertiary/aromatic N) is 3. The fourth-order valence-corrected chi connectivity index (χ4v) is 3.72. The van der Waals surface area contributed by atoms with Crippen molar-refractivity contribution in [3.05, 3.63) is 58.6 Å². The highest BCUT2D eigenvalue weighted by Crippen LogP contribution is 2.34. The van der Waals surface area contributed by atoms with Gasteiger partial charge in [0.1, 0.15) is 10.8 Å². The third-order valence-corrected chi connectivity index (χ3v) is 5.38. The number of aromatic nitrogens is 1. The average Bonchev–Trinajstić information content (AvgIpc) is 3.09. The molecule has 0 amide bonds. The van der Waals surface area contributed by atoms with Gasteiger partial charge in [0, 0.05) is 0 Å². The molecule has 0 unspecified atom stereocenters.